The summed E-state index contributed by atoms with van der Waals surface area (Å²) in [4.78, 5) is 17.9. The summed E-state index contributed by atoms with van der Waals surface area (Å²) in [5.74, 6) is 0.164. The third-order valence-corrected chi connectivity index (χ3v) is 1.27. The first kappa shape index (κ1) is 9.24. The number of carbonyl (C=O) groups excluding carboxylic acids is 1. The number of aryl methyl sites for hydroxylation is 1. The molecule has 13 heavy (non-hydrogen) atoms. The van der Waals surface area contributed by atoms with E-state index < -0.39 is 6.09 Å². The fraction of sp³-hybridized carbons (Fsp3) is 0.286. The van der Waals surface area contributed by atoms with Gasteiger partial charge in [0.1, 0.15) is 6.09 Å². The SMILES string of the molecule is COc1nc(C)cnc1NC(=O)[O-]. The van der Waals surface area contributed by atoms with E-state index in [0.29, 0.717) is 5.69 Å². The van der Waals surface area contributed by atoms with Crippen molar-refractivity contribution in [2.75, 3.05) is 12.4 Å². The van der Waals surface area contributed by atoms with Gasteiger partial charge in [0.2, 0.25) is 0 Å². The van der Waals surface area contributed by atoms with E-state index in [-0.39, 0.29) is 11.7 Å². The quantitative estimate of drug-likeness (QED) is 0.669. The minimum atomic E-state index is -1.45. The molecule has 1 N–H and O–H groups in total. The number of methoxy groups -OCH3 is 1. The molecule has 0 bridgehead atoms. The first-order valence-electron chi connectivity index (χ1n) is 3.49. The average Bonchev–Trinajstić information content (AvgIpc) is 2.07. The van der Waals surface area contributed by atoms with Crippen molar-refractivity contribution in [1.82, 2.24) is 9.97 Å². The summed E-state index contributed by atoms with van der Waals surface area (Å²) >= 11 is 0. The summed E-state index contributed by atoms with van der Waals surface area (Å²) in [6, 6.07) is 0. The van der Waals surface area contributed by atoms with Gasteiger partial charge < -0.3 is 20.0 Å². The highest BCUT2D eigenvalue weighted by atomic mass is 16.5. The van der Waals surface area contributed by atoms with Crippen molar-refractivity contribution < 1.29 is 14.6 Å². The Morgan fingerprint density at radius 1 is 1.69 bits per heavy atom. The molecular weight excluding hydrogens is 174 g/mol. The maximum Gasteiger partial charge on any atom is 0.257 e. The Morgan fingerprint density at radius 3 is 2.92 bits per heavy atom. The molecule has 0 aliphatic carbocycles. The van der Waals surface area contributed by atoms with Gasteiger partial charge >= 0.3 is 0 Å². The number of aromatic nitrogens is 2. The molecule has 1 heterocycles. The molecule has 0 atom stereocenters. The summed E-state index contributed by atoms with van der Waals surface area (Å²) in [5, 5.41) is 12.1. The summed E-state index contributed by atoms with van der Waals surface area (Å²) in [6.45, 7) is 1.72. The zero-order valence-corrected chi connectivity index (χ0v) is 7.20. The van der Waals surface area contributed by atoms with Gasteiger partial charge in [-0.15, -0.1) is 0 Å². The number of amides is 1. The Hall–Kier alpha value is -1.85. The molecule has 0 unspecified atom stereocenters. The largest absolute Gasteiger partial charge is 0.530 e. The van der Waals surface area contributed by atoms with Gasteiger partial charge in [0.25, 0.3) is 5.88 Å². The highest BCUT2D eigenvalue weighted by Gasteiger charge is 2.05. The van der Waals surface area contributed by atoms with E-state index in [4.69, 9.17) is 4.74 Å². The second-order valence-corrected chi connectivity index (χ2v) is 2.28. The summed E-state index contributed by atoms with van der Waals surface area (Å²) in [5.41, 5.74) is 0.640. The van der Waals surface area contributed by atoms with Gasteiger partial charge in [-0.2, -0.15) is 0 Å². The molecule has 6 heteroatoms. The predicted molar refractivity (Wildman–Crippen MR) is 42.3 cm³/mol. The Balaban J connectivity index is 2.99. The third-order valence-electron chi connectivity index (χ3n) is 1.27. The van der Waals surface area contributed by atoms with Crippen LogP contribution in [0, 0.1) is 6.92 Å². The molecule has 1 amide bonds. The smallest absolute Gasteiger partial charge is 0.257 e. The van der Waals surface area contributed by atoms with Crippen LogP contribution in [0.4, 0.5) is 10.6 Å². The van der Waals surface area contributed by atoms with Gasteiger partial charge in [-0.25, -0.2) is 9.97 Å². The highest BCUT2D eigenvalue weighted by molar-refractivity contribution is 5.81. The van der Waals surface area contributed by atoms with E-state index in [1.54, 1.807) is 6.92 Å². The number of carbonyl (C=O) groups is 1. The number of rotatable bonds is 2. The number of carboxylic acid groups (broad SMARTS) is 1. The monoisotopic (exact) mass is 182 g/mol. The van der Waals surface area contributed by atoms with E-state index in [2.05, 4.69) is 9.97 Å². The summed E-state index contributed by atoms with van der Waals surface area (Å²) < 4.78 is 4.80. The summed E-state index contributed by atoms with van der Waals surface area (Å²) in [7, 11) is 1.38. The number of nitrogens with one attached hydrogen (secondary N) is 1. The molecule has 0 aliphatic heterocycles. The van der Waals surface area contributed by atoms with E-state index in [9.17, 15) is 9.90 Å². The lowest BCUT2D eigenvalue weighted by molar-refractivity contribution is -0.242. The highest BCUT2D eigenvalue weighted by Crippen LogP contribution is 2.17. The van der Waals surface area contributed by atoms with Crippen LogP contribution < -0.4 is 15.2 Å². The fourth-order valence-electron chi connectivity index (χ4n) is 0.780. The lowest BCUT2D eigenvalue weighted by Crippen LogP contribution is -2.29. The van der Waals surface area contributed by atoms with Crippen molar-refractivity contribution in [3.8, 4) is 5.88 Å². The number of ether oxygens (including phenoxy) is 1. The first-order valence-corrected chi connectivity index (χ1v) is 3.49. The van der Waals surface area contributed by atoms with Gasteiger partial charge in [0.15, 0.2) is 5.82 Å². The molecule has 1 aromatic rings. The standard InChI is InChI=1S/C7H9N3O3/c1-4-3-8-5(10-7(11)12)6(9-4)13-2/h3H,1-2H3,(H,8,10)(H,11,12)/p-1. The van der Waals surface area contributed by atoms with Crippen LogP contribution in [0.2, 0.25) is 0 Å². The van der Waals surface area contributed by atoms with Crippen molar-refractivity contribution in [3.63, 3.8) is 0 Å². The van der Waals surface area contributed by atoms with Crippen LogP contribution >= 0.6 is 0 Å². The van der Waals surface area contributed by atoms with Gasteiger partial charge in [0, 0.05) is 0 Å². The van der Waals surface area contributed by atoms with Crippen LogP contribution in [0.5, 0.6) is 5.88 Å². The van der Waals surface area contributed by atoms with Crippen molar-refractivity contribution in [2.45, 2.75) is 6.92 Å². The van der Waals surface area contributed by atoms with E-state index in [1.807, 2.05) is 5.32 Å². The Labute approximate surface area is 74.6 Å². The molecule has 0 saturated carbocycles. The molecule has 0 saturated heterocycles. The predicted octanol–water partition coefficient (Wildman–Crippen LogP) is -0.451. The van der Waals surface area contributed by atoms with Crippen molar-refractivity contribution in [2.24, 2.45) is 0 Å². The number of anilines is 1. The van der Waals surface area contributed by atoms with Crippen LogP contribution in [0.15, 0.2) is 6.20 Å². The van der Waals surface area contributed by atoms with Crippen molar-refractivity contribution >= 4 is 11.9 Å². The Morgan fingerprint density at radius 2 is 2.38 bits per heavy atom. The fourth-order valence-corrected chi connectivity index (χ4v) is 0.780. The number of hydrogen-bond acceptors (Lipinski definition) is 5. The third kappa shape index (κ3) is 2.29. The zero-order chi connectivity index (χ0) is 9.84. The molecule has 0 aliphatic rings. The minimum absolute atomic E-state index is 0.0353. The summed E-state index contributed by atoms with van der Waals surface area (Å²) in [6.07, 6.45) is -0.0233. The molecule has 6 nitrogen and oxygen atoms in total. The van der Waals surface area contributed by atoms with Gasteiger partial charge in [-0.1, -0.05) is 0 Å². The second kappa shape index (κ2) is 3.70. The van der Waals surface area contributed by atoms with Gasteiger partial charge in [-0.3, -0.25) is 0 Å². The lowest BCUT2D eigenvalue weighted by atomic mass is 10.5. The maximum absolute atomic E-state index is 10.2. The van der Waals surface area contributed by atoms with E-state index >= 15 is 0 Å². The molecule has 0 spiro atoms. The molecule has 0 aromatic carbocycles. The normalized spacial score (nSPS) is 9.38. The van der Waals surface area contributed by atoms with Crippen LogP contribution in [0.1, 0.15) is 5.69 Å². The maximum atomic E-state index is 10.2. The number of hydrogen-bond donors (Lipinski definition) is 1. The van der Waals surface area contributed by atoms with Gasteiger partial charge in [0.05, 0.1) is 19.0 Å². The van der Waals surface area contributed by atoms with Crippen molar-refractivity contribution in [3.05, 3.63) is 11.9 Å². The topological polar surface area (TPSA) is 87.2 Å². The van der Waals surface area contributed by atoms with E-state index in [1.165, 1.54) is 13.3 Å². The van der Waals surface area contributed by atoms with Crippen molar-refractivity contribution in [1.29, 1.82) is 0 Å². The first-order chi connectivity index (χ1) is 6.13. The molecular formula is C7H8N3O3-. The van der Waals surface area contributed by atoms with Gasteiger partial charge in [-0.05, 0) is 6.92 Å². The van der Waals surface area contributed by atoms with Crippen LogP contribution in [0.3, 0.4) is 0 Å². The lowest BCUT2D eigenvalue weighted by Gasteiger charge is -2.09. The second-order valence-electron chi connectivity index (χ2n) is 2.28. The van der Waals surface area contributed by atoms with Crippen LogP contribution in [0.25, 0.3) is 0 Å². The Kier molecular flexibility index (Phi) is 2.63. The minimum Gasteiger partial charge on any atom is -0.530 e. The van der Waals surface area contributed by atoms with Crippen LogP contribution in [-0.2, 0) is 0 Å². The van der Waals surface area contributed by atoms with Crippen LogP contribution in [-0.4, -0.2) is 23.2 Å². The molecule has 1 aromatic heterocycles. The molecule has 70 valence electrons. The average molecular weight is 182 g/mol. The molecule has 0 radical (unpaired) electrons. The zero-order valence-electron chi connectivity index (χ0n) is 7.20. The number of nitrogens with zero attached hydrogens (tertiary/aromatic N) is 2. The Bertz CT molecular complexity index is 327. The molecule has 1 rings (SSSR count). The van der Waals surface area contributed by atoms with E-state index in [0.717, 1.165) is 0 Å². The molecule has 0 fully saturated rings.